The van der Waals surface area contributed by atoms with Crippen LogP contribution in [0.1, 0.15) is 35.0 Å². The minimum atomic E-state index is -4.38. The molecule has 1 spiro atoms. The largest absolute Gasteiger partial charge is 0.495 e. The van der Waals surface area contributed by atoms with Crippen molar-refractivity contribution in [1.82, 2.24) is 13.6 Å². The predicted molar refractivity (Wildman–Crippen MR) is 159 cm³/mol. The van der Waals surface area contributed by atoms with Crippen molar-refractivity contribution in [3.63, 3.8) is 0 Å². The molecule has 0 bridgehead atoms. The Morgan fingerprint density at radius 3 is 2.53 bits per heavy atom. The highest BCUT2D eigenvalue weighted by molar-refractivity contribution is 7.91. The number of carbonyl (C=O) groups is 1. The number of sulfonamides is 2. The maximum atomic E-state index is 15.7. The average Bonchev–Trinajstić information content (AvgIpc) is 3.46. The van der Waals surface area contributed by atoms with E-state index in [1.807, 2.05) is 0 Å². The number of benzene rings is 2. The Morgan fingerprint density at radius 1 is 1.16 bits per heavy atom. The van der Waals surface area contributed by atoms with Crippen molar-refractivity contribution in [3.05, 3.63) is 89.5 Å². The Kier molecular flexibility index (Phi) is 7.69. The van der Waals surface area contributed by atoms with Gasteiger partial charge in [0.05, 0.1) is 19.1 Å². The van der Waals surface area contributed by atoms with Gasteiger partial charge in [-0.25, -0.2) is 35.5 Å². The summed E-state index contributed by atoms with van der Waals surface area (Å²) in [5, 5.41) is 2.64. The van der Waals surface area contributed by atoms with Gasteiger partial charge in [0.15, 0.2) is 0 Å². The van der Waals surface area contributed by atoms with Gasteiger partial charge < -0.3 is 15.8 Å². The summed E-state index contributed by atoms with van der Waals surface area (Å²) in [5.41, 5.74) is 4.77. The van der Waals surface area contributed by atoms with Crippen LogP contribution in [0.2, 0.25) is 0 Å². The standard InChI is InChI=1S/C28H31FN6O6S2/c1-27(22-15-20(9-11-23(22)29)32-25(36)24-12-10-21(41-3)16-31-24)28(43(39,40)34(2)26(30)33-27)13-14-35(18-28)42(37,38)17-19-7-5-4-6-8-19/h4-12,15-16H,13-14,17-18H2,1-3H3,(H2,30,33)(H,32,36)/t27-,28-/m1/s1. The average molecular weight is 631 g/mol. The van der Waals surface area contributed by atoms with E-state index in [1.54, 1.807) is 36.4 Å². The predicted octanol–water partition coefficient (Wildman–Crippen LogP) is 2.26. The lowest BCUT2D eigenvalue weighted by Crippen LogP contribution is -2.66. The minimum absolute atomic E-state index is 0.0635. The number of guanidine groups is 1. The number of nitrogens with zero attached hydrogens (tertiary/aromatic N) is 4. The number of aromatic nitrogens is 1. The molecule has 0 unspecified atom stereocenters. The summed E-state index contributed by atoms with van der Waals surface area (Å²) in [6.45, 7) is 0.815. The Morgan fingerprint density at radius 2 is 1.88 bits per heavy atom. The lowest BCUT2D eigenvalue weighted by Gasteiger charge is -2.48. The highest BCUT2D eigenvalue weighted by Crippen LogP contribution is 2.52. The number of nitrogens with two attached hydrogens (primary N) is 1. The van der Waals surface area contributed by atoms with Crippen LogP contribution in [0.3, 0.4) is 0 Å². The van der Waals surface area contributed by atoms with Gasteiger partial charge in [0.1, 0.15) is 27.5 Å². The van der Waals surface area contributed by atoms with E-state index < -0.39 is 48.6 Å². The van der Waals surface area contributed by atoms with Crippen molar-refractivity contribution in [2.75, 3.05) is 32.6 Å². The van der Waals surface area contributed by atoms with E-state index in [0.717, 1.165) is 14.7 Å². The molecule has 1 aromatic heterocycles. The molecule has 3 heterocycles. The number of halogens is 1. The zero-order valence-corrected chi connectivity index (χ0v) is 25.3. The van der Waals surface area contributed by atoms with Gasteiger partial charge >= 0.3 is 0 Å². The number of hydrogen-bond acceptors (Lipinski definition) is 9. The molecular formula is C28H31FN6O6S2. The number of rotatable bonds is 7. The molecule has 12 nitrogen and oxygen atoms in total. The molecule has 1 amide bonds. The Hall–Kier alpha value is -4.08. The first-order valence-corrected chi connectivity index (χ1v) is 16.3. The van der Waals surface area contributed by atoms with E-state index in [2.05, 4.69) is 15.3 Å². The van der Waals surface area contributed by atoms with Crippen LogP contribution in [-0.4, -0.2) is 74.3 Å². The molecule has 1 fully saturated rings. The van der Waals surface area contributed by atoms with Gasteiger partial charge in [0.25, 0.3) is 5.91 Å². The third kappa shape index (κ3) is 5.10. The molecule has 2 atom stereocenters. The van der Waals surface area contributed by atoms with Gasteiger partial charge in [-0.3, -0.25) is 4.79 Å². The van der Waals surface area contributed by atoms with Crippen LogP contribution in [0.5, 0.6) is 5.75 Å². The van der Waals surface area contributed by atoms with E-state index in [9.17, 15) is 21.6 Å². The molecule has 0 aliphatic carbocycles. The molecule has 2 aliphatic heterocycles. The fraction of sp³-hybridized carbons (Fsp3) is 0.321. The third-order valence-electron chi connectivity index (χ3n) is 8.14. The van der Waals surface area contributed by atoms with Crippen LogP contribution in [-0.2, 0) is 31.3 Å². The van der Waals surface area contributed by atoms with Crippen molar-refractivity contribution in [2.24, 2.45) is 10.7 Å². The lowest BCUT2D eigenvalue weighted by molar-refractivity contribution is 0.102. The second kappa shape index (κ2) is 10.9. The zero-order valence-electron chi connectivity index (χ0n) is 23.7. The number of amides is 1. The molecule has 228 valence electrons. The van der Waals surface area contributed by atoms with Crippen LogP contribution >= 0.6 is 0 Å². The fourth-order valence-corrected chi connectivity index (χ4v) is 9.42. The van der Waals surface area contributed by atoms with Crippen LogP contribution in [0.15, 0.2) is 71.9 Å². The van der Waals surface area contributed by atoms with Crippen LogP contribution in [0.25, 0.3) is 0 Å². The third-order valence-corrected chi connectivity index (χ3v) is 12.6. The summed E-state index contributed by atoms with van der Waals surface area (Å²) in [7, 11) is -5.66. The smallest absolute Gasteiger partial charge is 0.274 e. The maximum Gasteiger partial charge on any atom is 0.274 e. The molecule has 0 saturated carbocycles. The minimum Gasteiger partial charge on any atom is -0.495 e. The molecular weight excluding hydrogens is 599 g/mol. The fourth-order valence-electron chi connectivity index (χ4n) is 5.62. The van der Waals surface area contributed by atoms with E-state index >= 15 is 4.39 Å². The number of carbonyl (C=O) groups excluding carboxylic acids is 1. The lowest BCUT2D eigenvalue weighted by atomic mass is 9.78. The van der Waals surface area contributed by atoms with Gasteiger partial charge in [-0.2, -0.15) is 4.31 Å². The Balaban J connectivity index is 1.55. The van der Waals surface area contributed by atoms with Crippen molar-refractivity contribution in [3.8, 4) is 5.75 Å². The highest BCUT2D eigenvalue weighted by Gasteiger charge is 2.67. The first-order valence-electron chi connectivity index (χ1n) is 13.2. The number of anilines is 1. The molecule has 2 aromatic carbocycles. The molecule has 0 radical (unpaired) electrons. The topological polar surface area (TPSA) is 164 Å². The van der Waals surface area contributed by atoms with E-state index in [4.69, 9.17) is 10.5 Å². The number of methoxy groups -OCH3 is 1. The number of nitrogens with one attached hydrogen (secondary N) is 1. The van der Waals surface area contributed by atoms with E-state index in [1.165, 1.54) is 45.5 Å². The first-order chi connectivity index (χ1) is 20.2. The summed E-state index contributed by atoms with van der Waals surface area (Å²) in [6.07, 6.45) is 1.20. The van der Waals surface area contributed by atoms with Gasteiger partial charge in [0.2, 0.25) is 26.0 Å². The van der Waals surface area contributed by atoms with E-state index in [0.29, 0.717) is 11.3 Å². The Bertz CT molecular complexity index is 1800. The van der Waals surface area contributed by atoms with E-state index in [-0.39, 0.29) is 41.6 Å². The molecule has 15 heteroatoms. The van der Waals surface area contributed by atoms with Crippen molar-refractivity contribution in [2.45, 2.75) is 29.4 Å². The second-order valence-corrected chi connectivity index (χ2v) is 14.8. The van der Waals surface area contributed by atoms with Gasteiger partial charge in [0, 0.05) is 31.4 Å². The van der Waals surface area contributed by atoms with Crippen molar-refractivity contribution in [1.29, 1.82) is 0 Å². The summed E-state index contributed by atoms with van der Waals surface area (Å²) in [5.74, 6) is -1.66. The van der Waals surface area contributed by atoms with Gasteiger partial charge in [-0.15, -0.1) is 0 Å². The first kappa shape index (κ1) is 30.4. The Labute approximate surface area is 249 Å². The molecule has 3 N–H and O–H groups in total. The maximum absolute atomic E-state index is 15.7. The molecule has 1 saturated heterocycles. The summed E-state index contributed by atoms with van der Waals surface area (Å²) >= 11 is 0. The molecule has 5 rings (SSSR count). The van der Waals surface area contributed by atoms with Crippen molar-refractivity contribution >= 4 is 37.6 Å². The SMILES string of the molecule is COc1ccc(C(=O)Nc2ccc(F)c([C@@]3(C)N=C(N)N(C)S(=O)(=O)[C@@]34CCN(S(=O)(=O)Cc3ccccc3)C4)c2)nc1. The number of pyridine rings is 1. The van der Waals surface area contributed by atoms with Crippen LogP contribution in [0, 0.1) is 5.82 Å². The zero-order chi connectivity index (χ0) is 31.2. The quantitative estimate of drug-likeness (QED) is 0.401. The number of ether oxygens (including phenoxy) is 1. The normalized spacial score (nSPS) is 23.6. The van der Waals surface area contributed by atoms with Gasteiger partial charge in [-0.05, 0) is 49.2 Å². The molecule has 2 aliphatic rings. The summed E-state index contributed by atoms with van der Waals surface area (Å²) < 4.78 is 75.9. The van der Waals surface area contributed by atoms with Gasteiger partial charge in [-0.1, -0.05) is 30.3 Å². The van der Waals surface area contributed by atoms with Crippen LogP contribution < -0.4 is 15.8 Å². The number of hydrogen-bond donors (Lipinski definition) is 2. The highest BCUT2D eigenvalue weighted by atomic mass is 32.2. The molecule has 3 aromatic rings. The van der Waals surface area contributed by atoms with Crippen LogP contribution in [0.4, 0.5) is 10.1 Å². The number of aliphatic imine (C=N–C) groups is 1. The molecule has 43 heavy (non-hydrogen) atoms. The summed E-state index contributed by atoms with van der Waals surface area (Å²) in [6, 6.07) is 15.2. The second-order valence-electron chi connectivity index (χ2n) is 10.6. The summed E-state index contributed by atoms with van der Waals surface area (Å²) in [4.78, 5) is 21.4. The van der Waals surface area contributed by atoms with Crippen molar-refractivity contribution < 1.29 is 30.8 Å². The monoisotopic (exact) mass is 630 g/mol.